The highest BCUT2D eigenvalue weighted by Gasteiger charge is 2.20. The molecule has 0 radical (unpaired) electrons. The fraction of sp³-hybridized carbons (Fsp3) is 0.238. The van der Waals surface area contributed by atoms with Gasteiger partial charge in [-0.2, -0.15) is 0 Å². The molecule has 0 saturated carbocycles. The summed E-state index contributed by atoms with van der Waals surface area (Å²) in [6, 6.07) is 15.1. The Morgan fingerprint density at radius 1 is 1.14 bits per heavy atom. The highest BCUT2D eigenvalue weighted by Crippen LogP contribution is 2.35. The van der Waals surface area contributed by atoms with E-state index in [9.17, 15) is 4.79 Å². The van der Waals surface area contributed by atoms with E-state index in [1.54, 1.807) is 13.2 Å². The molecule has 0 bridgehead atoms. The van der Waals surface area contributed by atoms with Crippen LogP contribution in [0.2, 0.25) is 0 Å². The van der Waals surface area contributed by atoms with Crippen LogP contribution in [0.5, 0.6) is 5.75 Å². The summed E-state index contributed by atoms with van der Waals surface area (Å²) in [5.41, 5.74) is 1.44. The number of fused-ring (bicyclic) bond motifs is 1. The van der Waals surface area contributed by atoms with E-state index in [2.05, 4.69) is 20.2 Å². The number of thioether (sulfide) groups is 1. The van der Waals surface area contributed by atoms with Gasteiger partial charge in [-0.15, -0.1) is 10.2 Å². The molecule has 4 aromatic rings. The number of nitrogens with zero attached hydrogens (tertiary/aromatic N) is 4. The number of aromatic nitrogens is 5. The minimum absolute atomic E-state index is 0.104. The van der Waals surface area contributed by atoms with Crippen molar-refractivity contribution in [2.24, 2.45) is 0 Å². The minimum atomic E-state index is -0.135. The average Bonchev–Trinajstić information content (AvgIpc) is 3.15. The molecule has 8 heteroatoms. The molecule has 29 heavy (non-hydrogen) atoms. The average molecular weight is 407 g/mol. The number of aromatic amines is 1. The van der Waals surface area contributed by atoms with E-state index in [0.29, 0.717) is 23.3 Å². The van der Waals surface area contributed by atoms with Crippen molar-refractivity contribution in [3.8, 4) is 17.1 Å². The number of nitrogens with one attached hydrogen (secondary N) is 1. The molecule has 148 valence electrons. The minimum Gasteiger partial charge on any atom is -0.496 e. The van der Waals surface area contributed by atoms with Crippen molar-refractivity contribution in [3.05, 3.63) is 64.7 Å². The zero-order valence-corrected chi connectivity index (χ0v) is 17.2. The summed E-state index contributed by atoms with van der Waals surface area (Å²) in [7, 11) is 1.64. The molecule has 2 heterocycles. The number of ether oxygens (including phenoxy) is 1. The molecular weight excluding hydrogens is 386 g/mol. The predicted octanol–water partition coefficient (Wildman–Crippen LogP) is 4.06. The molecule has 2 aromatic heterocycles. The van der Waals surface area contributed by atoms with Gasteiger partial charge in [0.1, 0.15) is 11.6 Å². The topological polar surface area (TPSA) is 85.7 Å². The summed E-state index contributed by atoms with van der Waals surface area (Å²) in [6.07, 6.45) is 0. The van der Waals surface area contributed by atoms with Crippen LogP contribution < -0.4 is 10.3 Å². The summed E-state index contributed by atoms with van der Waals surface area (Å²) in [5, 5.41) is 10.0. The van der Waals surface area contributed by atoms with E-state index < -0.39 is 0 Å². The molecule has 0 aliphatic rings. The molecule has 0 aliphatic heterocycles. The second-order valence-corrected chi connectivity index (χ2v) is 7.79. The maximum atomic E-state index is 12.4. The number of para-hydroxylation sites is 2. The summed E-state index contributed by atoms with van der Waals surface area (Å²) < 4.78 is 7.52. The molecule has 2 aromatic carbocycles. The maximum Gasteiger partial charge on any atom is 0.258 e. The van der Waals surface area contributed by atoms with Gasteiger partial charge < -0.3 is 14.3 Å². The quantitative estimate of drug-likeness (QED) is 0.485. The van der Waals surface area contributed by atoms with Gasteiger partial charge in [-0.05, 0) is 38.1 Å². The van der Waals surface area contributed by atoms with E-state index in [0.717, 1.165) is 22.3 Å². The third-order valence-corrected chi connectivity index (χ3v) is 5.77. The Morgan fingerprint density at radius 3 is 2.69 bits per heavy atom. The summed E-state index contributed by atoms with van der Waals surface area (Å²) in [6.45, 7) is 4.75. The SMILES string of the molecule is CCn1c(SC(C)c2nc3ccccc3c(=O)[nH]2)nnc1-c1ccccc1OC. The fourth-order valence-corrected chi connectivity index (χ4v) is 4.17. The lowest BCUT2D eigenvalue weighted by Gasteiger charge is -2.13. The number of hydrogen-bond acceptors (Lipinski definition) is 6. The lowest BCUT2D eigenvalue weighted by molar-refractivity contribution is 0.416. The van der Waals surface area contributed by atoms with Gasteiger partial charge in [0.15, 0.2) is 11.0 Å². The first-order valence-corrected chi connectivity index (χ1v) is 10.2. The van der Waals surface area contributed by atoms with E-state index in [1.807, 2.05) is 60.9 Å². The normalized spacial score (nSPS) is 12.2. The molecule has 0 amide bonds. The Kier molecular flexibility index (Phi) is 5.35. The van der Waals surface area contributed by atoms with Crippen molar-refractivity contribution in [2.45, 2.75) is 30.8 Å². The molecule has 0 saturated heterocycles. The molecule has 0 fully saturated rings. The summed E-state index contributed by atoms with van der Waals surface area (Å²) in [5.74, 6) is 2.11. The van der Waals surface area contributed by atoms with Crippen LogP contribution in [-0.2, 0) is 6.54 Å². The number of H-pyrrole nitrogens is 1. The molecule has 1 unspecified atom stereocenters. The van der Waals surface area contributed by atoms with E-state index in [4.69, 9.17) is 4.74 Å². The zero-order valence-electron chi connectivity index (χ0n) is 16.4. The highest BCUT2D eigenvalue weighted by atomic mass is 32.2. The van der Waals surface area contributed by atoms with Gasteiger partial charge in [0.25, 0.3) is 5.56 Å². The van der Waals surface area contributed by atoms with E-state index in [1.165, 1.54) is 11.8 Å². The Morgan fingerprint density at radius 2 is 1.90 bits per heavy atom. The lowest BCUT2D eigenvalue weighted by atomic mass is 10.2. The van der Waals surface area contributed by atoms with Crippen molar-refractivity contribution in [2.75, 3.05) is 7.11 Å². The van der Waals surface area contributed by atoms with Crippen LogP contribution in [0, 0.1) is 0 Å². The van der Waals surface area contributed by atoms with Crippen molar-refractivity contribution in [3.63, 3.8) is 0 Å². The fourth-order valence-electron chi connectivity index (χ4n) is 3.20. The molecule has 0 aliphatic carbocycles. The summed E-state index contributed by atoms with van der Waals surface area (Å²) >= 11 is 1.51. The largest absolute Gasteiger partial charge is 0.496 e. The molecule has 1 atom stereocenters. The molecule has 7 nitrogen and oxygen atoms in total. The van der Waals surface area contributed by atoms with Crippen LogP contribution in [0.25, 0.3) is 22.3 Å². The van der Waals surface area contributed by atoms with Crippen LogP contribution in [0.4, 0.5) is 0 Å². The van der Waals surface area contributed by atoms with Gasteiger partial charge in [-0.25, -0.2) is 4.98 Å². The van der Waals surface area contributed by atoms with Gasteiger partial charge in [-0.1, -0.05) is 36.0 Å². The van der Waals surface area contributed by atoms with Gasteiger partial charge in [0, 0.05) is 6.54 Å². The highest BCUT2D eigenvalue weighted by molar-refractivity contribution is 7.99. The Hall–Kier alpha value is -3.13. The maximum absolute atomic E-state index is 12.4. The van der Waals surface area contributed by atoms with Crippen molar-refractivity contribution < 1.29 is 4.74 Å². The van der Waals surface area contributed by atoms with Gasteiger partial charge in [0.05, 0.1) is 28.8 Å². The van der Waals surface area contributed by atoms with Crippen molar-refractivity contribution >= 4 is 22.7 Å². The first kappa shape index (κ1) is 19.2. The first-order chi connectivity index (χ1) is 14.1. The van der Waals surface area contributed by atoms with Gasteiger partial charge in [-0.3, -0.25) is 4.79 Å². The smallest absolute Gasteiger partial charge is 0.258 e. The number of methoxy groups -OCH3 is 1. The summed E-state index contributed by atoms with van der Waals surface area (Å²) in [4.78, 5) is 19.9. The van der Waals surface area contributed by atoms with Crippen LogP contribution in [0.3, 0.4) is 0 Å². The third kappa shape index (κ3) is 3.63. The second-order valence-electron chi connectivity index (χ2n) is 6.48. The van der Waals surface area contributed by atoms with Crippen molar-refractivity contribution in [1.82, 2.24) is 24.7 Å². The lowest BCUT2D eigenvalue weighted by Crippen LogP contribution is -2.13. The third-order valence-electron chi connectivity index (χ3n) is 4.68. The van der Waals surface area contributed by atoms with Crippen molar-refractivity contribution in [1.29, 1.82) is 0 Å². The van der Waals surface area contributed by atoms with Crippen LogP contribution in [0.1, 0.15) is 24.9 Å². The standard InChI is InChI=1S/C21H21N5O2S/c1-4-26-19(15-10-6-8-12-17(15)28-3)24-25-21(26)29-13(2)18-22-16-11-7-5-9-14(16)20(27)23-18/h5-13H,4H2,1-3H3,(H,22,23,27). The Balaban J connectivity index is 1.68. The van der Waals surface area contributed by atoms with Gasteiger partial charge >= 0.3 is 0 Å². The van der Waals surface area contributed by atoms with Crippen LogP contribution in [0.15, 0.2) is 58.5 Å². The van der Waals surface area contributed by atoms with E-state index in [-0.39, 0.29) is 10.8 Å². The van der Waals surface area contributed by atoms with E-state index >= 15 is 0 Å². The predicted molar refractivity (Wildman–Crippen MR) is 114 cm³/mol. The Bertz CT molecular complexity index is 1220. The monoisotopic (exact) mass is 407 g/mol. The zero-order chi connectivity index (χ0) is 20.4. The second kappa shape index (κ2) is 8.08. The molecule has 4 rings (SSSR count). The first-order valence-electron chi connectivity index (χ1n) is 9.34. The van der Waals surface area contributed by atoms with Gasteiger partial charge in [0.2, 0.25) is 0 Å². The molecule has 0 spiro atoms. The van der Waals surface area contributed by atoms with Crippen LogP contribution in [-0.4, -0.2) is 31.8 Å². The number of benzene rings is 2. The number of rotatable bonds is 6. The van der Waals surface area contributed by atoms with Crippen LogP contribution >= 0.6 is 11.8 Å². The molecule has 1 N–H and O–H groups in total. The molecular formula is C21H21N5O2S. The number of hydrogen-bond donors (Lipinski definition) is 1. The Labute approximate surface area is 172 Å².